The number of hydrogen-bond acceptors (Lipinski definition) is 9. The third-order valence-electron chi connectivity index (χ3n) is 26.2. The Morgan fingerprint density at radius 1 is 0.197 bits per heavy atom. The van der Waals surface area contributed by atoms with Gasteiger partial charge in [0.25, 0.3) is 0 Å². The van der Waals surface area contributed by atoms with Gasteiger partial charge in [-0.3, -0.25) is 9.97 Å². The topological polar surface area (TPSA) is 59.7 Å². The molecule has 616 valence electrons. The fraction of sp³-hybridized carbons (Fsp3) is 0. The van der Waals surface area contributed by atoms with Crippen LogP contribution in [0.1, 0.15) is 0 Å². The van der Waals surface area contributed by atoms with E-state index in [4.69, 9.17) is 19.9 Å². The van der Waals surface area contributed by atoms with Crippen LogP contribution in [0, 0.1) is 0 Å². The first kappa shape index (κ1) is 77.0. The Morgan fingerprint density at radius 3 is 0.939 bits per heavy atom. The number of hydrogen-bond donors (Lipinski definition) is 0. The zero-order valence-corrected chi connectivity index (χ0v) is 74.3. The van der Waals surface area contributed by atoms with Crippen molar-refractivity contribution in [3.63, 3.8) is 0 Å². The van der Waals surface area contributed by atoms with E-state index in [0.717, 1.165) is 78.5 Å². The number of pyridine rings is 4. The minimum atomic E-state index is 1.02. The summed E-state index contributed by atoms with van der Waals surface area (Å²) in [4.78, 5) is 22.6. The highest BCUT2D eigenvalue weighted by molar-refractivity contribution is 7.28. The molecular formula is C122H74N6S4. The molecule has 0 aliphatic heterocycles. The standard InChI is InChI=1S/C48H27N3S2.C41H25NS.C33H22N2S/c1-2-8-32(9-3-1)51-43-20-16-28(30-14-18-35-41(24-30)49-26-39-33-10-4-6-12-45(33)52-47(35)39)22-37(43)38-23-29(17-21-44(38)51)31-15-19-36-42(25-31)50-27-40-34-11-5-7-13-46(34)53-48(36)40;1-2-12-26(13-3-1)37-29-14-4-6-16-31(29)38(32-17-7-5-15-30(32)37)27-22-24-28(25-23-27)40-39-34-19-9-11-21-36(34)43-41(39)33-18-8-10-20-35(33)42-40;1-3-11-24(12-4-1)35(25-13-5-2-6-14-25)26-21-19-23(20-22-26)32-31-28-16-8-10-18-30(28)36-33(31)27-15-7-9-17-29(27)34-32/h1-27H;1-25H;1-22H. The second-order valence-electron chi connectivity index (χ2n) is 33.7. The van der Waals surface area contributed by atoms with Gasteiger partial charge in [-0.15, -0.1) is 45.3 Å². The van der Waals surface area contributed by atoms with Gasteiger partial charge in [0, 0.05) is 159 Å². The quantitative estimate of drug-likeness (QED) is 0.128. The van der Waals surface area contributed by atoms with E-state index in [1.807, 2.05) is 57.7 Å². The smallest absolute Gasteiger partial charge is 0.0802 e. The Bertz CT molecular complexity index is 9170. The SMILES string of the molecule is c1ccc(-c2c3ccccc3c(-c3ccc(-c4nc5ccccc5c5sc6ccccc6c45)cc3)c3ccccc23)cc1.c1ccc(-n2c3ccc(-c4ccc5c(c4)ncc4c6ccccc6sc54)cc3c3cc(-c4ccc5c(c4)ncc4c6ccccc6sc54)ccc32)cc1.c1ccc(N(c2ccccc2)c2ccc(-c3nc4ccccc4c4sc5ccccc5c34)cc2)cc1. The lowest BCUT2D eigenvalue weighted by atomic mass is 9.86. The first-order chi connectivity index (χ1) is 65.5. The lowest BCUT2D eigenvalue weighted by Gasteiger charge is -2.25. The molecule has 0 aliphatic rings. The Balaban J connectivity index is 0.000000106. The van der Waals surface area contributed by atoms with Crippen molar-refractivity contribution >= 4 is 230 Å². The monoisotopic (exact) mass is 1750 g/mol. The van der Waals surface area contributed by atoms with Crippen LogP contribution in [0.25, 0.3) is 240 Å². The predicted molar refractivity (Wildman–Crippen MR) is 569 cm³/mol. The van der Waals surface area contributed by atoms with Gasteiger partial charge < -0.3 is 9.47 Å². The van der Waals surface area contributed by atoms with Crippen LogP contribution in [-0.4, -0.2) is 24.5 Å². The van der Waals surface area contributed by atoms with Crippen LogP contribution < -0.4 is 4.90 Å². The van der Waals surface area contributed by atoms with Crippen molar-refractivity contribution in [3.8, 4) is 72.7 Å². The molecule has 6 nitrogen and oxygen atoms in total. The first-order valence-electron chi connectivity index (χ1n) is 44.5. The molecule has 28 rings (SSSR count). The number of rotatable bonds is 10. The molecule has 9 heterocycles. The summed E-state index contributed by atoms with van der Waals surface area (Å²) in [6.07, 6.45) is 4.10. The molecule has 10 heteroatoms. The molecule has 0 amide bonds. The van der Waals surface area contributed by atoms with Gasteiger partial charge in [0.2, 0.25) is 0 Å². The number of fused-ring (bicyclic) bond motifs is 25. The molecule has 0 bridgehead atoms. The molecule has 132 heavy (non-hydrogen) atoms. The van der Waals surface area contributed by atoms with Crippen molar-refractivity contribution < 1.29 is 0 Å². The van der Waals surface area contributed by atoms with Crippen molar-refractivity contribution in [2.75, 3.05) is 4.90 Å². The summed E-state index contributed by atoms with van der Waals surface area (Å²) in [7, 11) is 0. The summed E-state index contributed by atoms with van der Waals surface area (Å²) in [6.45, 7) is 0. The number of aromatic nitrogens is 5. The van der Waals surface area contributed by atoms with E-state index < -0.39 is 0 Å². The van der Waals surface area contributed by atoms with Crippen LogP contribution in [0.4, 0.5) is 17.1 Å². The van der Waals surface area contributed by atoms with E-state index in [2.05, 4.69) is 446 Å². The molecule has 19 aromatic carbocycles. The van der Waals surface area contributed by atoms with Gasteiger partial charge in [-0.1, -0.05) is 315 Å². The molecule has 0 N–H and O–H groups in total. The zero-order valence-electron chi connectivity index (χ0n) is 71.0. The highest BCUT2D eigenvalue weighted by atomic mass is 32.1. The Morgan fingerprint density at radius 2 is 0.500 bits per heavy atom. The first-order valence-corrected chi connectivity index (χ1v) is 47.8. The van der Waals surface area contributed by atoms with Gasteiger partial charge in [0.15, 0.2) is 0 Å². The second kappa shape index (κ2) is 31.9. The third-order valence-corrected chi connectivity index (χ3v) is 31.0. The molecule has 0 unspecified atom stereocenters. The van der Waals surface area contributed by atoms with Crippen molar-refractivity contribution in [2.45, 2.75) is 0 Å². The van der Waals surface area contributed by atoms with Crippen LogP contribution in [0.5, 0.6) is 0 Å². The van der Waals surface area contributed by atoms with E-state index in [-0.39, 0.29) is 0 Å². The fourth-order valence-corrected chi connectivity index (χ4v) is 25.0. The van der Waals surface area contributed by atoms with Gasteiger partial charge in [-0.25, -0.2) is 9.97 Å². The maximum Gasteiger partial charge on any atom is 0.0802 e. The van der Waals surface area contributed by atoms with E-state index in [1.54, 1.807) is 0 Å². The minimum Gasteiger partial charge on any atom is -0.311 e. The summed E-state index contributed by atoms with van der Waals surface area (Å²) >= 11 is 7.42. The molecule has 0 spiro atoms. The lowest BCUT2D eigenvalue weighted by molar-refractivity contribution is 1.18. The lowest BCUT2D eigenvalue weighted by Crippen LogP contribution is -2.09. The number of para-hydroxylation sites is 5. The number of nitrogens with zero attached hydrogens (tertiary/aromatic N) is 6. The minimum absolute atomic E-state index is 1.02. The van der Waals surface area contributed by atoms with Crippen LogP contribution in [-0.2, 0) is 0 Å². The van der Waals surface area contributed by atoms with E-state index in [0.29, 0.717) is 0 Å². The molecule has 28 aromatic rings. The highest BCUT2D eigenvalue weighted by Gasteiger charge is 2.24. The van der Waals surface area contributed by atoms with Crippen LogP contribution >= 0.6 is 45.3 Å². The van der Waals surface area contributed by atoms with Gasteiger partial charge in [-0.05, 0) is 187 Å². The van der Waals surface area contributed by atoms with Gasteiger partial charge in [0.05, 0.1) is 44.5 Å². The summed E-state index contributed by atoms with van der Waals surface area (Å²) in [6, 6.07) is 157. The predicted octanol–water partition coefficient (Wildman–Crippen LogP) is 35.6. The molecule has 0 saturated heterocycles. The highest BCUT2D eigenvalue weighted by Crippen LogP contribution is 2.50. The molecule has 0 atom stereocenters. The molecule has 0 aliphatic carbocycles. The van der Waals surface area contributed by atoms with Crippen LogP contribution in [0.2, 0.25) is 0 Å². The second-order valence-corrected chi connectivity index (χ2v) is 37.9. The maximum atomic E-state index is 5.25. The molecule has 0 fully saturated rings. The largest absolute Gasteiger partial charge is 0.311 e. The van der Waals surface area contributed by atoms with Gasteiger partial charge >= 0.3 is 0 Å². The molecule has 0 saturated carbocycles. The number of anilines is 3. The van der Waals surface area contributed by atoms with Crippen LogP contribution in [0.15, 0.2) is 449 Å². The fourth-order valence-electron chi connectivity index (χ4n) is 20.1. The summed E-state index contributed by atoms with van der Waals surface area (Å²) in [5.41, 5.74) is 25.1. The van der Waals surface area contributed by atoms with E-state index >= 15 is 0 Å². The average molecular weight is 1750 g/mol. The Hall–Kier alpha value is -16.2. The Kier molecular flexibility index (Phi) is 18.6. The maximum absolute atomic E-state index is 5.25. The van der Waals surface area contributed by atoms with Gasteiger partial charge in [0.1, 0.15) is 0 Å². The third kappa shape index (κ3) is 13.0. The number of thiophene rings is 4. The average Bonchev–Trinajstić information content (AvgIpc) is 1.58. The number of benzene rings is 19. The van der Waals surface area contributed by atoms with Crippen molar-refractivity contribution in [2.24, 2.45) is 0 Å². The van der Waals surface area contributed by atoms with Gasteiger partial charge in [-0.2, -0.15) is 0 Å². The van der Waals surface area contributed by atoms with Crippen molar-refractivity contribution in [1.29, 1.82) is 0 Å². The molecule has 9 aromatic heterocycles. The summed E-state index contributed by atoms with van der Waals surface area (Å²) < 4.78 is 12.8. The van der Waals surface area contributed by atoms with Crippen LogP contribution in [0.3, 0.4) is 0 Å². The Labute approximate surface area is 775 Å². The van der Waals surface area contributed by atoms with E-state index in [1.165, 1.54) is 179 Å². The summed E-state index contributed by atoms with van der Waals surface area (Å²) in [5.74, 6) is 0. The normalized spacial score (nSPS) is 11.8. The summed E-state index contributed by atoms with van der Waals surface area (Å²) in [5, 5.41) is 22.4. The molecular weight excluding hydrogens is 1680 g/mol. The molecule has 0 radical (unpaired) electrons. The van der Waals surface area contributed by atoms with Crippen molar-refractivity contribution in [3.05, 3.63) is 449 Å². The zero-order chi connectivity index (χ0) is 86.9. The van der Waals surface area contributed by atoms with E-state index in [9.17, 15) is 0 Å². The van der Waals surface area contributed by atoms with Crippen molar-refractivity contribution in [1.82, 2.24) is 24.5 Å².